The Hall–Kier alpha value is -2.49. The van der Waals surface area contributed by atoms with Gasteiger partial charge in [0.25, 0.3) is 0 Å². The number of rotatable bonds is 3. The first-order valence-corrected chi connectivity index (χ1v) is 6.03. The van der Waals surface area contributed by atoms with Crippen molar-refractivity contribution in [2.24, 2.45) is 0 Å². The lowest BCUT2D eigenvalue weighted by Gasteiger charge is -2.09. The normalized spacial score (nSPS) is 11.4. The third-order valence-electron chi connectivity index (χ3n) is 3.07. The van der Waals surface area contributed by atoms with Crippen molar-refractivity contribution in [2.45, 2.75) is 19.0 Å². The number of hydrogen-bond donors (Lipinski definition) is 1. The summed E-state index contributed by atoms with van der Waals surface area (Å²) in [6.07, 6.45) is -4.30. The van der Waals surface area contributed by atoms with Crippen molar-refractivity contribution < 1.29 is 22.7 Å². The Kier molecular flexibility index (Phi) is 3.89. The average Bonchev–Trinajstić information content (AvgIpc) is 2.84. The zero-order chi connectivity index (χ0) is 15.6. The van der Waals surface area contributed by atoms with Gasteiger partial charge in [-0.05, 0) is 18.6 Å². The van der Waals surface area contributed by atoms with Gasteiger partial charge in [-0.1, -0.05) is 6.07 Å². The van der Waals surface area contributed by atoms with Gasteiger partial charge in [0.1, 0.15) is 0 Å². The molecule has 1 heterocycles. The van der Waals surface area contributed by atoms with Crippen molar-refractivity contribution in [1.82, 2.24) is 4.98 Å². The van der Waals surface area contributed by atoms with Crippen LogP contribution in [0.1, 0.15) is 17.7 Å². The van der Waals surface area contributed by atoms with E-state index in [0.29, 0.717) is 5.69 Å². The molecule has 1 aromatic carbocycles. The first-order chi connectivity index (χ1) is 9.86. The van der Waals surface area contributed by atoms with Crippen molar-refractivity contribution in [3.05, 3.63) is 40.9 Å². The van der Waals surface area contributed by atoms with E-state index in [0.717, 1.165) is 6.07 Å². The Morgan fingerprint density at radius 2 is 2.14 bits per heavy atom. The summed E-state index contributed by atoms with van der Waals surface area (Å²) in [5.41, 5.74) is -0.610. The third-order valence-corrected chi connectivity index (χ3v) is 3.07. The van der Waals surface area contributed by atoms with Gasteiger partial charge in [0, 0.05) is 16.6 Å². The number of aromatic nitrogens is 1. The molecular formula is C14H11F3N2O2. The second kappa shape index (κ2) is 5.48. The number of carbonyl (C=O) groups is 1. The van der Waals surface area contributed by atoms with Crippen LogP contribution in [0.5, 0.6) is 0 Å². The first-order valence-electron chi connectivity index (χ1n) is 6.03. The van der Waals surface area contributed by atoms with Gasteiger partial charge in [0.05, 0.1) is 25.7 Å². The Bertz CT molecular complexity index is 726. The molecule has 2 rings (SSSR count). The van der Waals surface area contributed by atoms with E-state index in [4.69, 9.17) is 6.57 Å². The fraction of sp³-hybridized carbons (Fsp3) is 0.286. The SMILES string of the molecule is [C-]#[N+]c1ccc2[nH]c(CCC(=O)OC)cc2c1C(F)(F)F. The van der Waals surface area contributed by atoms with E-state index in [-0.39, 0.29) is 23.7 Å². The number of H-pyrrole nitrogens is 1. The minimum Gasteiger partial charge on any atom is -0.469 e. The zero-order valence-electron chi connectivity index (χ0n) is 11.0. The Morgan fingerprint density at radius 3 is 2.71 bits per heavy atom. The summed E-state index contributed by atoms with van der Waals surface area (Å²) in [6, 6.07) is 3.90. The van der Waals surface area contributed by atoms with E-state index in [9.17, 15) is 18.0 Å². The number of carbonyl (C=O) groups excluding carboxylic acids is 1. The molecule has 0 unspecified atom stereocenters. The lowest BCUT2D eigenvalue weighted by molar-refractivity contribution is -0.140. The van der Waals surface area contributed by atoms with Crippen LogP contribution in [-0.2, 0) is 22.1 Å². The lowest BCUT2D eigenvalue weighted by atomic mass is 10.1. The number of nitrogens with zero attached hydrogens (tertiary/aromatic N) is 1. The van der Waals surface area contributed by atoms with Crippen LogP contribution >= 0.6 is 0 Å². The molecule has 0 bridgehead atoms. The van der Waals surface area contributed by atoms with Gasteiger partial charge in [-0.2, -0.15) is 13.2 Å². The van der Waals surface area contributed by atoms with E-state index in [1.165, 1.54) is 19.2 Å². The topological polar surface area (TPSA) is 46.5 Å². The molecule has 0 atom stereocenters. The summed E-state index contributed by atoms with van der Waals surface area (Å²) < 4.78 is 43.8. The lowest BCUT2D eigenvalue weighted by Crippen LogP contribution is -2.05. The predicted octanol–water partition coefficient (Wildman–Crippen LogP) is 3.84. The highest BCUT2D eigenvalue weighted by Crippen LogP contribution is 2.41. The minimum absolute atomic E-state index is 0.0594. The first kappa shape index (κ1) is 14.9. The smallest absolute Gasteiger partial charge is 0.408 e. The molecule has 0 aliphatic heterocycles. The number of methoxy groups -OCH3 is 1. The van der Waals surface area contributed by atoms with E-state index >= 15 is 0 Å². The number of fused-ring (bicyclic) bond motifs is 1. The molecule has 0 saturated carbocycles. The van der Waals surface area contributed by atoms with Gasteiger partial charge in [0.2, 0.25) is 0 Å². The van der Waals surface area contributed by atoms with Gasteiger partial charge in [-0.25, -0.2) is 4.85 Å². The van der Waals surface area contributed by atoms with Crippen LogP contribution in [0.25, 0.3) is 15.7 Å². The molecule has 21 heavy (non-hydrogen) atoms. The highest BCUT2D eigenvalue weighted by Gasteiger charge is 2.35. The summed E-state index contributed by atoms with van der Waals surface area (Å²) in [5.74, 6) is -0.438. The molecule has 0 saturated heterocycles. The number of benzene rings is 1. The van der Waals surface area contributed by atoms with Crippen molar-refractivity contribution in [2.75, 3.05) is 7.11 Å². The van der Waals surface area contributed by atoms with Crippen molar-refractivity contribution >= 4 is 22.6 Å². The van der Waals surface area contributed by atoms with Gasteiger partial charge in [-0.15, -0.1) is 0 Å². The molecule has 0 amide bonds. The fourth-order valence-electron chi connectivity index (χ4n) is 2.11. The number of nitrogens with one attached hydrogen (secondary N) is 1. The van der Waals surface area contributed by atoms with Crippen LogP contribution in [0.2, 0.25) is 0 Å². The van der Waals surface area contributed by atoms with Crippen LogP contribution in [0.3, 0.4) is 0 Å². The summed E-state index contributed by atoms with van der Waals surface area (Å²) in [7, 11) is 1.25. The molecule has 0 fully saturated rings. The maximum absolute atomic E-state index is 13.1. The highest BCUT2D eigenvalue weighted by molar-refractivity contribution is 5.89. The molecule has 110 valence electrons. The second-order valence-electron chi connectivity index (χ2n) is 4.40. The maximum atomic E-state index is 13.1. The summed E-state index contributed by atoms with van der Waals surface area (Å²) in [5, 5.41) is -0.0594. The van der Waals surface area contributed by atoms with Crippen molar-refractivity contribution in [1.29, 1.82) is 0 Å². The summed E-state index contributed by atoms with van der Waals surface area (Å²) >= 11 is 0. The van der Waals surface area contributed by atoms with E-state index in [1.54, 1.807) is 0 Å². The largest absolute Gasteiger partial charge is 0.469 e. The summed E-state index contributed by atoms with van der Waals surface area (Å²) in [6.45, 7) is 6.86. The van der Waals surface area contributed by atoms with Crippen LogP contribution in [0.15, 0.2) is 18.2 Å². The molecule has 7 heteroatoms. The second-order valence-corrected chi connectivity index (χ2v) is 4.40. The maximum Gasteiger partial charge on any atom is 0.408 e. The van der Waals surface area contributed by atoms with Crippen LogP contribution in [0.4, 0.5) is 18.9 Å². The number of ether oxygens (including phenoxy) is 1. The zero-order valence-corrected chi connectivity index (χ0v) is 11.0. The van der Waals surface area contributed by atoms with Crippen molar-refractivity contribution in [3.8, 4) is 0 Å². The Balaban J connectivity index is 2.48. The number of alkyl halides is 3. The molecular weight excluding hydrogens is 285 g/mol. The molecule has 0 aliphatic rings. The molecule has 0 spiro atoms. The molecule has 4 nitrogen and oxygen atoms in total. The number of aromatic amines is 1. The minimum atomic E-state index is -4.61. The van der Waals surface area contributed by atoms with E-state index < -0.39 is 23.4 Å². The van der Waals surface area contributed by atoms with Crippen LogP contribution in [-0.4, -0.2) is 18.1 Å². The monoisotopic (exact) mass is 296 g/mol. The Labute approximate surface area is 118 Å². The third kappa shape index (κ3) is 2.99. The molecule has 2 aromatic rings. The van der Waals surface area contributed by atoms with Crippen molar-refractivity contribution in [3.63, 3.8) is 0 Å². The predicted molar refractivity (Wildman–Crippen MR) is 69.9 cm³/mol. The number of halogens is 3. The number of aryl methyl sites for hydroxylation is 1. The highest BCUT2D eigenvalue weighted by atomic mass is 19.4. The van der Waals surface area contributed by atoms with E-state index in [1.807, 2.05) is 0 Å². The van der Waals surface area contributed by atoms with Gasteiger partial charge in [-0.3, -0.25) is 4.79 Å². The van der Waals surface area contributed by atoms with Gasteiger partial charge >= 0.3 is 12.1 Å². The molecule has 1 aromatic heterocycles. The van der Waals surface area contributed by atoms with Gasteiger partial charge < -0.3 is 9.72 Å². The molecule has 0 aliphatic carbocycles. The number of esters is 1. The number of hydrogen-bond acceptors (Lipinski definition) is 2. The van der Waals surface area contributed by atoms with Crippen LogP contribution < -0.4 is 0 Å². The van der Waals surface area contributed by atoms with Crippen LogP contribution in [0, 0.1) is 6.57 Å². The fourth-order valence-corrected chi connectivity index (χ4v) is 2.11. The quantitative estimate of drug-likeness (QED) is 0.691. The summed E-state index contributed by atoms with van der Waals surface area (Å²) in [4.78, 5) is 16.8. The van der Waals surface area contributed by atoms with Gasteiger partial charge in [0.15, 0.2) is 5.69 Å². The average molecular weight is 296 g/mol. The standard InChI is InChI=1S/C14H11F3N2O2/c1-18-11-5-4-10-9(13(11)14(15,16)17)7-8(19-10)3-6-12(20)21-2/h4-5,7,19H,3,6H2,2H3. The molecule has 0 radical (unpaired) electrons. The van der Waals surface area contributed by atoms with E-state index in [2.05, 4.69) is 14.6 Å². The Morgan fingerprint density at radius 1 is 1.43 bits per heavy atom. The molecule has 1 N–H and O–H groups in total.